The molecule has 1 saturated heterocycles. The molecule has 3 aromatic rings. The predicted molar refractivity (Wildman–Crippen MR) is 116 cm³/mol. The van der Waals surface area contributed by atoms with Crippen molar-refractivity contribution in [2.24, 2.45) is 0 Å². The van der Waals surface area contributed by atoms with Crippen LogP contribution in [-0.2, 0) is 14.8 Å². The molecular formula is C21H25N5O4S. The number of hydrogen-bond donors (Lipinski definition) is 1. The van der Waals surface area contributed by atoms with E-state index in [2.05, 4.69) is 15.5 Å². The Morgan fingerprint density at radius 3 is 2.58 bits per heavy atom. The zero-order chi connectivity index (χ0) is 22.2. The summed E-state index contributed by atoms with van der Waals surface area (Å²) in [6, 6.07) is 8.34. The summed E-state index contributed by atoms with van der Waals surface area (Å²) in [5.74, 6) is 0.0790. The molecule has 164 valence electrons. The van der Waals surface area contributed by atoms with Crippen molar-refractivity contribution in [3.05, 3.63) is 47.8 Å². The second-order valence-corrected chi connectivity index (χ2v) is 9.68. The first-order valence-electron chi connectivity index (χ1n) is 10.1. The van der Waals surface area contributed by atoms with Crippen LogP contribution in [0.15, 0.2) is 45.9 Å². The first-order valence-corrected chi connectivity index (χ1v) is 11.5. The van der Waals surface area contributed by atoms with Gasteiger partial charge in [0.25, 0.3) is 0 Å². The van der Waals surface area contributed by atoms with E-state index in [1.165, 1.54) is 4.31 Å². The van der Waals surface area contributed by atoms with Gasteiger partial charge in [-0.25, -0.2) is 8.42 Å². The SMILES string of the molecule is Cc1cnc2c(S(=O)(=O)N3CCN(C(C)C(=O)Nc4cc(C)no4)CC3)cccc2c1. The Hall–Kier alpha value is -2.82. The number of sulfonamides is 1. The van der Waals surface area contributed by atoms with Crippen LogP contribution in [0.5, 0.6) is 0 Å². The number of aromatic nitrogens is 2. The highest BCUT2D eigenvalue weighted by Crippen LogP contribution is 2.26. The van der Waals surface area contributed by atoms with Crippen molar-refractivity contribution in [2.45, 2.75) is 31.7 Å². The number of carbonyl (C=O) groups is 1. The van der Waals surface area contributed by atoms with E-state index in [4.69, 9.17) is 4.52 Å². The summed E-state index contributed by atoms with van der Waals surface area (Å²) in [4.78, 5) is 19.0. The van der Waals surface area contributed by atoms with Crippen LogP contribution in [0.4, 0.5) is 5.88 Å². The van der Waals surface area contributed by atoms with E-state index in [0.717, 1.165) is 10.9 Å². The lowest BCUT2D eigenvalue weighted by molar-refractivity contribution is -0.121. The highest BCUT2D eigenvalue weighted by Gasteiger charge is 2.33. The second-order valence-electron chi connectivity index (χ2n) is 7.78. The summed E-state index contributed by atoms with van der Waals surface area (Å²) < 4.78 is 33.1. The molecule has 1 fully saturated rings. The maximum atomic E-state index is 13.3. The fraction of sp³-hybridized carbons (Fsp3) is 0.381. The van der Waals surface area contributed by atoms with Gasteiger partial charge in [0.1, 0.15) is 4.90 Å². The van der Waals surface area contributed by atoms with Gasteiger partial charge in [-0.1, -0.05) is 17.3 Å². The van der Waals surface area contributed by atoms with Gasteiger partial charge < -0.3 is 4.52 Å². The van der Waals surface area contributed by atoms with E-state index in [0.29, 0.717) is 43.3 Å². The van der Waals surface area contributed by atoms with Crippen LogP contribution in [0, 0.1) is 13.8 Å². The van der Waals surface area contributed by atoms with E-state index in [1.807, 2.05) is 24.0 Å². The summed E-state index contributed by atoms with van der Waals surface area (Å²) in [5, 5.41) is 7.25. The molecule has 1 amide bonds. The number of fused-ring (bicyclic) bond motifs is 1. The summed E-state index contributed by atoms with van der Waals surface area (Å²) in [7, 11) is -3.70. The predicted octanol–water partition coefficient (Wildman–Crippen LogP) is 2.17. The van der Waals surface area contributed by atoms with Crippen molar-refractivity contribution in [1.82, 2.24) is 19.3 Å². The number of amides is 1. The van der Waals surface area contributed by atoms with Crippen molar-refractivity contribution in [2.75, 3.05) is 31.5 Å². The molecule has 31 heavy (non-hydrogen) atoms. The molecule has 9 nitrogen and oxygen atoms in total. The zero-order valence-corrected chi connectivity index (χ0v) is 18.5. The molecule has 10 heteroatoms. The molecule has 1 atom stereocenters. The standard InChI is InChI=1S/C21H25N5O4S/c1-14-11-17-5-4-6-18(20(17)22-13-14)31(28,29)26-9-7-25(8-10-26)16(3)21(27)23-19-12-15(2)24-30-19/h4-6,11-13,16H,7-10H2,1-3H3,(H,23,27). The minimum absolute atomic E-state index is 0.213. The molecule has 1 aliphatic rings. The number of para-hydroxylation sites is 1. The van der Waals surface area contributed by atoms with E-state index >= 15 is 0 Å². The molecule has 0 radical (unpaired) electrons. The number of anilines is 1. The minimum Gasteiger partial charge on any atom is -0.338 e. The number of pyridine rings is 1. The molecular weight excluding hydrogens is 418 g/mol. The van der Waals surface area contributed by atoms with Gasteiger partial charge in [-0.3, -0.25) is 20.0 Å². The summed E-state index contributed by atoms with van der Waals surface area (Å²) in [6.07, 6.45) is 1.68. The lowest BCUT2D eigenvalue weighted by Gasteiger charge is -2.36. The maximum absolute atomic E-state index is 13.3. The first kappa shape index (κ1) is 21.4. The number of benzene rings is 1. The molecule has 1 aromatic carbocycles. The van der Waals surface area contributed by atoms with Crippen LogP contribution in [0.1, 0.15) is 18.2 Å². The number of piperazine rings is 1. The Balaban J connectivity index is 1.45. The van der Waals surface area contributed by atoms with Crippen molar-refractivity contribution in [3.63, 3.8) is 0 Å². The quantitative estimate of drug-likeness (QED) is 0.644. The summed E-state index contributed by atoms with van der Waals surface area (Å²) in [6.45, 7) is 6.97. The molecule has 1 aliphatic heterocycles. The van der Waals surface area contributed by atoms with Crippen molar-refractivity contribution < 1.29 is 17.7 Å². The van der Waals surface area contributed by atoms with Crippen LogP contribution in [0.2, 0.25) is 0 Å². The monoisotopic (exact) mass is 443 g/mol. The number of nitrogens with zero attached hydrogens (tertiary/aromatic N) is 4. The largest absolute Gasteiger partial charge is 0.338 e. The highest BCUT2D eigenvalue weighted by molar-refractivity contribution is 7.89. The van der Waals surface area contributed by atoms with Crippen molar-refractivity contribution in [3.8, 4) is 0 Å². The first-order chi connectivity index (χ1) is 14.8. The van der Waals surface area contributed by atoms with Gasteiger partial charge in [-0.05, 0) is 38.5 Å². The van der Waals surface area contributed by atoms with Gasteiger partial charge >= 0.3 is 0 Å². The number of carbonyl (C=O) groups excluding carboxylic acids is 1. The van der Waals surface area contributed by atoms with E-state index < -0.39 is 16.1 Å². The molecule has 0 saturated carbocycles. The van der Waals surface area contributed by atoms with E-state index in [9.17, 15) is 13.2 Å². The van der Waals surface area contributed by atoms with Crippen molar-refractivity contribution in [1.29, 1.82) is 0 Å². The Labute approximate surface area is 181 Å². The Morgan fingerprint density at radius 1 is 1.16 bits per heavy atom. The Morgan fingerprint density at radius 2 is 1.90 bits per heavy atom. The third-order valence-electron chi connectivity index (χ3n) is 5.50. The molecule has 0 spiro atoms. The van der Waals surface area contributed by atoms with Gasteiger partial charge in [-0.2, -0.15) is 4.31 Å². The Bertz CT molecular complexity index is 1220. The third kappa shape index (κ3) is 4.32. The van der Waals surface area contributed by atoms with Crippen LogP contribution < -0.4 is 5.32 Å². The smallest absolute Gasteiger partial charge is 0.245 e. The average molecular weight is 444 g/mol. The fourth-order valence-electron chi connectivity index (χ4n) is 3.74. The zero-order valence-electron chi connectivity index (χ0n) is 17.7. The van der Waals surface area contributed by atoms with Gasteiger partial charge in [0, 0.05) is 43.8 Å². The molecule has 4 rings (SSSR count). The molecule has 2 aromatic heterocycles. The van der Waals surface area contributed by atoms with Gasteiger partial charge in [0.2, 0.25) is 21.8 Å². The highest BCUT2D eigenvalue weighted by atomic mass is 32.2. The number of aryl methyl sites for hydroxylation is 2. The van der Waals surface area contributed by atoms with Gasteiger partial charge in [0.15, 0.2) is 0 Å². The van der Waals surface area contributed by atoms with E-state index in [1.54, 1.807) is 38.2 Å². The Kier molecular flexibility index (Phi) is 5.78. The van der Waals surface area contributed by atoms with E-state index in [-0.39, 0.29) is 10.8 Å². The van der Waals surface area contributed by atoms with Crippen molar-refractivity contribution >= 4 is 32.7 Å². The van der Waals surface area contributed by atoms with Crippen LogP contribution in [-0.4, -0.2) is 65.9 Å². The topological polar surface area (TPSA) is 109 Å². The van der Waals surface area contributed by atoms with Crippen LogP contribution >= 0.6 is 0 Å². The maximum Gasteiger partial charge on any atom is 0.245 e. The molecule has 1 N–H and O–H groups in total. The van der Waals surface area contributed by atoms with Gasteiger partial charge in [0.05, 0.1) is 17.3 Å². The molecule has 0 aliphatic carbocycles. The number of nitrogens with one attached hydrogen (secondary N) is 1. The van der Waals surface area contributed by atoms with Gasteiger partial charge in [-0.15, -0.1) is 0 Å². The second kappa shape index (κ2) is 8.37. The average Bonchev–Trinajstić information content (AvgIpc) is 3.17. The normalized spacial score (nSPS) is 17.0. The lowest BCUT2D eigenvalue weighted by atomic mass is 10.2. The number of rotatable bonds is 5. The van der Waals surface area contributed by atoms with Crippen LogP contribution in [0.3, 0.4) is 0 Å². The third-order valence-corrected chi connectivity index (χ3v) is 7.43. The fourth-order valence-corrected chi connectivity index (χ4v) is 5.32. The summed E-state index contributed by atoms with van der Waals surface area (Å²) >= 11 is 0. The lowest BCUT2D eigenvalue weighted by Crippen LogP contribution is -2.53. The molecule has 3 heterocycles. The number of hydrogen-bond acceptors (Lipinski definition) is 7. The summed E-state index contributed by atoms with van der Waals surface area (Å²) in [5.41, 5.74) is 2.13. The van der Waals surface area contributed by atoms with Crippen LogP contribution in [0.25, 0.3) is 10.9 Å². The minimum atomic E-state index is -3.70. The molecule has 1 unspecified atom stereocenters. The molecule has 0 bridgehead atoms.